The van der Waals surface area contributed by atoms with Crippen LogP contribution in [0.4, 0.5) is 0 Å². The number of hydrogen-bond acceptors (Lipinski definition) is 4. The molecule has 5 rings (SSSR count). The Balaban J connectivity index is 1.85. The Bertz CT molecular complexity index is 900. The lowest BCUT2D eigenvalue weighted by Gasteiger charge is -2.41. The molecule has 1 saturated heterocycles. The van der Waals surface area contributed by atoms with Crippen molar-refractivity contribution in [3.63, 3.8) is 0 Å². The minimum atomic E-state index is -1.33. The van der Waals surface area contributed by atoms with Gasteiger partial charge in [-0.1, -0.05) is 23.7 Å². The van der Waals surface area contributed by atoms with Crippen molar-refractivity contribution in [2.45, 2.75) is 42.1 Å². The first kappa shape index (κ1) is 13.1. The second-order valence-corrected chi connectivity index (χ2v) is 6.49. The summed E-state index contributed by atoms with van der Waals surface area (Å²) in [6.45, 7) is 0. The summed E-state index contributed by atoms with van der Waals surface area (Å²) in [5.41, 5.74) is -1.67. The number of aliphatic imine (C=N–C) groups is 1. The van der Waals surface area contributed by atoms with Crippen molar-refractivity contribution in [3.05, 3.63) is 36.0 Å². The molecule has 1 saturated carbocycles. The van der Waals surface area contributed by atoms with Gasteiger partial charge in [-0.25, -0.2) is 0 Å². The van der Waals surface area contributed by atoms with Gasteiger partial charge >= 0.3 is 0 Å². The maximum Gasteiger partial charge on any atom is 0.179 e. The molecule has 0 radical (unpaired) electrons. The molecule has 2 fully saturated rings. The van der Waals surface area contributed by atoms with Gasteiger partial charge < -0.3 is 9.84 Å². The van der Waals surface area contributed by atoms with Gasteiger partial charge in [-0.3, -0.25) is 9.79 Å². The molecule has 2 aliphatic heterocycles. The van der Waals surface area contributed by atoms with E-state index in [0.717, 1.165) is 12.8 Å². The normalized spacial score (nSPS) is 45.8. The van der Waals surface area contributed by atoms with Crippen molar-refractivity contribution < 1.29 is 14.6 Å². The largest absolute Gasteiger partial charge is 0.374 e. The molecule has 0 aromatic carbocycles. The summed E-state index contributed by atoms with van der Waals surface area (Å²) >= 11 is 0. The molecule has 112 valence electrons. The number of aliphatic hydroxyl groups is 1. The molecule has 23 heavy (non-hydrogen) atoms. The molecule has 1 N–H and O–H groups in total. The number of hydrogen-bond donors (Lipinski definition) is 1. The van der Waals surface area contributed by atoms with Crippen molar-refractivity contribution in [2.75, 3.05) is 0 Å². The van der Waals surface area contributed by atoms with E-state index in [4.69, 9.17) is 9.73 Å². The van der Waals surface area contributed by atoms with Gasteiger partial charge in [0.1, 0.15) is 11.6 Å². The lowest BCUT2D eigenvalue weighted by molar-refractivity contribution is -0.110. The van der Waals surface area contributed by atoms with E-state index in [-0.39, 0.29) is 11.8 Å². The maximum absolute atomic E-state index is 11.9. The number of ether oxygens (including phenoxy) is 1. The van der Waals surface area contributed by atoms with Gasteiger partial charge in [0.05, 0.1) is 5.71 Å². The van der Waals surface area contributed by atoms with E-state index < -0.39 is 16.8 Å². The van der Waals surface area contributed by atoms with E-state index >= 15 is 0 Å². The highest BCUT2D eigenvalue weighted by molar-refractivity contribution is 6.22. The lowest BCUT2D eigenvalue weighted by Crippen LogP contribution is -2.59. The second kappa shape index (κ2) is 3.92. The Morgan fingerprint density at radius 3 is 3.04 bits per heavy atom. The van der Waals surface area contributed by atoms with Crippen LogP contribution in [-0.4, -0.2) is 39.4 Å². The van der Waals surface area contributed by atoms with E-state index in [1.165, 1.54) is 12.2 Å². The molecule has 0 unspecified atom stereocenters. The summed E-state index contributed by atoms with van der Waals surface area (Å²) in [5, 5.41) is 11.3. The van der Waals surface area contributed by atoms with Gasteiger partial charge in [0.25, 0.3) is 0 Å². The van der Waals surface area contributed by atoms with Crippen molar-refractivity contribution in [2.24, 2.45) is 4.99 Å². The van der Waals surface area contributed by atoms with Crippen molar-refractivity contribution in [1.29, 1.82) is 0 Å². The second-order valence-electron chi connectivity index (χ2n) is 6.49. The van der Waals surface area contributed by atoms with Gasteiger partial charge in [0.15, 0.2) is 17.0 Å². The predicted octanol–water partition coefficient (Wildman–Crippen LogP) is 0.874. The number of ketones is 1. The van der Waals surface area contributed by atoms with Crippen LogP contribution < -0.4 is 0 Å². The molecule has 0 aromatic heterocycles. The van der Waals surface area contributed by atoms with Crippen molar-refractivity contribution in [1.82, 2.24) is 0 Å². The molecule has 5 aliphatic rings. The molecule has 3 aliphatic carbocycles. The van der Waals surface area contributed by atoms with Gasteiger partial charge in [-0.05, 0) is 49.6 Å². The number of carbonyl (C=O) groups is 1. The van der Waals surface area contributed by atoms with Crippen LogP contribution in [0.15, 0.2) is 40.9 Å². The van der Waals surface area contributed by atoms with Crippen LogP contribution in [0.5, 0.6) is 0 Å². The first-order valence-corrected chi connectivity index (χ1v) is 7.75. The fourth-order valence-electron chi connectivity index (χ4n) is 4.41. The molecule has 2 heterocycles. The Hall–Kier alpha value is -2.40. The topological polar surface area (TPSA) is 62.2 Å². The molecule has 4 atom stereocenters. The van der Waals surface area contributed by atoms with E-state index in [1.807, 2.05) is 0 Å². The molecule has 4 nitrogen and oxygen atoms in total. The average molecular weight is 303 g/mol. The number of carbonyl (C=O) groups excluding carboxylic acids is 1. The SMILES string of the molecule is O=C1C=CC2=N[C@H]3C#C/C=C\C#C[C@@]4(O)CCC[C@]35O[C@@]45C2=C1. The highest BCUT2D eigenvalue weighted by Crippen LogP contribution is 2.69. The quantitative estimate of drug-likeness (QED) is 0.410. The van der Waals surface area contributed by atoms with Crippen LogP contribution in [0.3, 0.4) is 0 Å². The first-order chi connectivity index (χ1) is 11.1. The number of allylic oxidation sites excluding steroid dienone is 5. The van der Waals surface area contributed by atoms with E-state index in [0.29, 0.717) is 17.7 Å². The van der Waals surface area contributed by atoms with E-state index in [9.17, 15) is 9.90 Å². The number of nitrogens with zero attached hydrogens (tertiary/aromatic N) is 1. The molecular weight excluding hydrogens is 290 g/mol. The third-order valence-corrected chi connectivity index (χ3v) is 5.36. The Labute approximate surface area is 133 Å². The summed E-state index contributed by atoms with van der Waals surface area (Å²) in [4.78, 5) is 16.6. The molecular formula is C19H13NO3. The van der Waals surface area contributed by atoms with Gasteiger partial charge in [-0.15, -0.1) is 0 Å². The minimum Gasteiger partial charge on any atom is -0.374 e. The van der Waals surface area contributed by atoms with Crippen LogP contribution >= 0.6 is 0 Å². The summed E-state index contributed by atoms with van der Waals surface area (Å²) < 4.78 is 6.24. The summed E-state index contributed by atoms with van der Waals surface area (Å²) in [7, 11) is 0. The zero-order valence-corrected chi connectivity index (χ0v) is 12.3. The van der Waals surface area contributed by atoms with Crippen LogP contribution in [0.25, 0.3) is 0 Å². The Kier molecular flexibility index (Phi) is 2.23. The third-order valence-electron chi connectivity index (χ3n) is 5.36. The Morgan fingerprint density at radius 2 is 2.13 bits per heavy atom. The highest BCUT2D eigenvalue weighted by Gasteiger charge is 2.85. The van der Waals surface area contributed by atoms with Crippen molar-refractivity contribution in [3.8, 4) is 23.7 Å². The first-order valence-electron chi connectivity index (χ1n) is 7.75. The fraction of sp³-hybridized carbons (Fsp3) is 0.368. The fourth-order valence-corrected chi connectivity index (χ4v) is 4.41. The predicted molar refractivity (Wildman–Crippen MR) is 83.5 cm³/mol. The third kappa shape index (κ3) is 1.37. The Morgan fingerprint density at radius 1 is 1.26 bits per heavy atom. The minimum absolute atomic E-state index is 0.116. The maximum atomic E-state index is 11.9. The summed E-state index contributed by atoms with van der Waals surface area (Å²) in [6.07, 6.45) is 10.1. The molecule has 4 heteroatoms. The molecule has 0 spiro atoms. The highest BCUT2D eigenvalue weighted by atomic mass is 16.6. The van der Waals surface area contributed by atoms with Gasteiger partial charge in [-0.2, -0.15) is 0 Å². The zero-order valence-electron chi connectivity index (χ0n) is 12.3. The van der Waals surface area contributed by atoms with Gasteiger partial charge in [0, 0.05) is 5.57 Å². The lowest BCUT2D eigenvalue weighted by atomic mass is 9.61. The smallest absolute Gasteiger partial charge is 0.179 e. The number of rotatable bonds is 0. The van der Waals surface area contributed by atoms with Crippen LogP contribution in [0.2, 0.25) is 0 Å². The monoisotopic (exact) mass is 303 g/mol. The van der Waals surface area contributed by atoms with Crippen LogP contribution in [0, 0.1) is 23.7 Å². The molecule has 4 bridgehead atoms. The van der Waals surface area contributed by atoms with Gasteiger partial charge in [0.2, 0.25) is 0 Å². The molecule has 0 aromatic rings. The zero-order chi connectivity index (χ0) is 15.7. The van der Waals surface area contributed by atoms with Crippen LogP contribution in [0.1, 0.15) is 19.3 Å². The summed E-state index contributed by atoms with van der Waals surface area (Å²) in [6, 6.07) is -0.358. The van der Waals surface area contributed by atoms with Crippen LogP contribution in [-0.2, 0) is 9.53 Å². The van der Waals surface area contributed by atoms with E-state index in [2.05, 4.69) is 23.7 Å². The van der Waals surface area contributed by atoms with Crippen molar-refractivity contribution >= 4 is 11.5 Å². The standard InChI is InChI=1S/C19H13NO3/c21-13-7-8-15-14(12-13)19-17(22)9-4-2-1-3-6-16(20-15)18(19,23-19)11-5-10-17/h1-2,7-8,12,16,22H,5,10-11H2/b2-1-/t16-,17+,18-,19-/m0/s1. The number of epoxide rings is 1. The summed E-state index contributed by atoms with van der Waals surface area (Å²) in [5.74, 6) is 11.8. The average Bonchev–Trinajstić information content (AvgIpc) is 3.24. The van der Waals surface area contributed by atoms with E-state index in [1.54, 1.807) is 18.2 Å². The molecule has 0 amide bonds. The number of fused-ring (bicyclic) bond motifs is 1.